The van der Waals surface area contributed by atoms with Crippen LogP contribution in [0.2, 0.25) is 0 Å². The molecule has 0 atom stereocenters. The van der Waals surface area contributed by atoms with Crippen LogP contribution in [-0.4, -0.2) is 9.55 Å². The highest BCUT2D eigenvalue weighted by Gasteiger charge is 2.08. The number of rotatable bonds is 1. The van der Waals surface area contributed by atoms with Crippen molar-refractivity contribution in [3.05, 3.63) is 71.5 Å². The minimum absolute atomic E-state index is 0.464. The highest BCUT2D eigenvalue weighted by Crippen LogP contribution is 2.25. The molecule has 0 radical (unpaired) electrons. The second-order valence-electron chi connectivity index (χ2n) is 5.16. The van der Waals surface area contributed by atoms with Crippen molar-refractivity contribution in [3.63, 3.8) is 0 Å². The smallest absolute Gasteiger partial charge is 0.206 e. The van der Waals surface area contributed by atoms with E-state index in [2.05, 4.69) is 29.2 Å². The summed E-state index contributed by atoms with van der Waals surface area (Å²) in [6.45, 7) is 0. The van der Waals surface area contributed by atoms with Crippen molar-refractivity contribution >= 4 is 39.7 Å². The fraction of sp³-hybridized carbons (Fsp3) is 0. The van der Waals surface area contributed by atoms with Crippen molar-refractivity contribution in [1.29, 1.82) is 0 Å². The second kappa shape index (κ2) is 4.93. The first-order chi connectivity index (χ1) is 10.7. The summed E-state index contributed by atoms with van der Waals surface area (Å²) in [4.78, 5) is 4.49. The van der Waals surface area contributed by atoms with Crippen molar-refractivity contribution in [2.75, 3.05) is 5.73 Å². The van der Waals surface area contributed by atoms with Gasteiger partial charge in [-0.05, 0) is 47.3 Å². The molecule has 4 heteroatoms. The monoisotopic (exact) mass is 303 g/mol. The van der Waals surface area contributed by atoms with Gasteiger partial charge in [-0.2, -0.15) is 0 Å². The van der Waals surface area contributed by atoms with E-state index in [-0.39, 0.29) is 0 Å². The first kappa shape index (κ1) is 13.0. The Morgan fingerprint density at radius 1 is 0.864 bits per heavy atom. The van der Waals surface area contributed by atoms with Gasteiger partial charge in [0, 0.05) is 5.39 Å². The van der Waals surface area contributed by atoms with E-state index in [9.17, 15) is 0 Å². The SMILES string of the molecule is Nc1c2ccccc2nc(=S)n1-c1ccc2ccccc2c1. The Balaban J connectivity index is 2.05. The van der Waals surface area contributed by atoms with E-state index >= 15 is 0 Å². The number of nitrogens with two attached hydrogens (primary N) is 1. The summed E-state index contributed by atoms with van der Waals surface area (Å²) in [7, 11) is 0. The third kappa shape index (κ3) is 1.96. The average Bonchev–Trinajstić information content (AvgIpc) is 2.55. The molecule has 4 rings (SSSR count). The topological polar surface area (TPSA) is 43.8 Å². The Bertz CT molecular complexity index is 1070. The quantitative estimate of drug-likeness (QED) is 0.527. The molecule has 0 spiro atoms. The van der Waals surface area contributed by atoms with Crippen LogP contribution in [0.1, 0.15) is 0 Å². The zero-order chi connectivity index (χ0) is 15.1. The van der Waals surface area contributed by atoms with E-state index in [1.807, 2.05) is 47.0 Å². The van der Waals surface area contributed by atoms with Gasteiger partial charge >= 0.3 is 0 Å². The van der Waals surface area contributed by atoms with Gasteiger partial charge in [-0.3, -0.25) is 4.57 Å². The molecule has 1 aromatic heterocycles. The molecular formula is C18H13N3S. The summed E-state index contributed by atoms with van der Waals surface area (Å²) in [5.74, 6) is 0.617. The summed E-state index contributed by atoms with van der Waals surface area (Å²) in [6, 6.07) is 22.2. The maximum absolute atomic E-state index is 6.35. The summed E-state index contributed by atoms with van der Waals surface area (Å²) in [5.41, 5.74) is 8.10. The number of nitrogen functional groups attached to an aromatic ring is 1. The molecular weight excluding hydrogens is 290 g/mol. The molecule has 1 heterocycles. The summed E-state index contributed by atoms with van der Waals surface area (Å²) in [5, 5.41) is 3.24. The van der Waals surface area contributed by atoms with Crippen LogP contribution in [0, 0.1) is 4.77 Å². The highest BCUT2D eigenvalue weighted by atomic mass is 32.1. The number of aromatic nitrogens is 2. The zero-order valence-corrected chi connectivity index (χ0v) is 12.5. The van der Waals surface area contributed by atoms with Crippen LogP contribution in [0.4, 0.5) is 5.82 Å². The third-order valence-corrected chi connectivity index (χ3v) is 4.09. The number of para-hydroxylation sites is 1. The molecule has 4 aromatic rings. The van der Waals surface area contributed by atoms with Crippen LogP contribution in [0.5, 0.6) is 0 Å². The highest BCUT2D eigenvalue weighted by molar-refractivity contribution is 7.71. The van der Waals surface area contributed by atoms with Crippen LogP contribution in [0.15, 0.2) is 66.7 Å². The average molecular weight is 303 g/mol. The standard InChI is InChI=1S/C18H13N3S/c19-17-15-7-3-4-8-16(15)20-18(22)21(17)14-10-9-12-5-1-2-6-13(12)11-14/h1-11H,19H2. The summed E-state index contributed by atoms with van der Waals surface area (Å²) < 4.78 is 2.29. The molecule has 0 aliphatic carbocycles. The minimum Gasteiger partial charge on any atom is -0.384 e. The Labute approximate surface area is 132 Å². The molecule has 0 aliphatic heterocycles. The fourth-order valence-electron chi connectivity index (χ4n) is 2.73. The van der Waals surface area contributed by atoms with Crippen molar-refractivity contribution < 1.29 is 0 Å². The van der Waals surface area contributed by atoms with Crippen LogP contribution < -0.4 is 5.73 Å². The number of anilines is 1. The predicted octanol–water partition coefficient (Wildman–Crippen LogP) is 4.49. The molecule has 0 unspecified atom stereocenters. The molecule has 0 bridgehead atoms. The molecule has 0 amide bonds. The van der Waals surface area contributed by atoms with E-state index in [0.29, 0.717) is 10.6 Å². The molecule has 22 heavy (non-hydrogen) atoms. The van der Waals surface area contributed by atoms with Gasteiger partial charge in [0.2, 0.25) is 4.77 Å². The van der Waals surface area contributed by atoms with Gasteiger partial charge in [0.15, 0.2) is 0 Å². The minimum atomic E-state index is 0.464. The third-order valence-electron chi connectivity index (χ3n) is 3.82. The lowest BCUT2D eigenvalue weighted by Crippen LogP contribution is -2.07. The van der Waals surface area contributed by atoms with Gasteiger partial charge in [0.25, 0.3) is 0 Å². The van der Waals surface area contributed by atoms with E-state index in [0.717, 1.165) is 22.0 Å². The molecule has 106 valence electrons. The van der Waals surface area contributed by atoms with Crippen molar-refractivity contribution in [3.8, 4) is 5.69 Å². The first-order valence-electron chi connectivity index (χ1n) is 7.00. The molecule has 3 aromatic carbocycles. The van der Waals surface area contributed by atoms with E-state index in [1.54, 1.807) is 0 Å². The first-order valence-corrected chi connectivity index (χ1v) is 7.41. The summed E-state index contributed by atoms with van der Waals surface area (Å²) >= 11 is 5.44. The predicted molar refractivity (Wildman–Crippen MR) is 93.8 cm³/mol. The molecule has 0 saturated heterocycles. The van der Waals surface area contributed by atoms with E-state index in [4.69, 9.17) is 18.0 Å². The van der Waals surface area contributed by atoms with Gasteiger partial charge in [0.05, 0.1) is 11.2 Å². The summed E-state index contributed by atoms with van der Waals surface area (Å²) in [6.07, 6.45) is 0. The van der Waals surface area contributed by atoms with Crippen LogP contribution in [0.25, 0.3) is 27.4 Å². The van der Waals surface area contributed by atoms with Gasteiger partial charge in [-0.15, -0.1) is 0 Å². The Morgan fingerprint density at radius 2 is 1.59 bits per heavy atom. The largest absolute Gasteiger partial charge is 0.384 e. The van der Waals surface area contributed by atoms with Crippen LogP contribution in [0.3, 0.4) is 0 Å². The van der Waals surface area contributed by atoms with Crippen molar-refractivity contribution in [1.82, 2.24) is 9.55 Å². The molecule has 3 nitrogen and oxygen atoms in total. The lowest BCUT2D eigenvalue weighted by atomic mass is 10.1. The maximum Gasteiger partial charge on any atom is 0.206 e. The lowest BCUT2D eigenvalue weighted by molar-refractivity contribution is 0.996. The van der Waals surface area contributed by atoms with E-state index < -0.39 is 0 Å². The van der Waals surface area contributed by atoms with Gasteiger partial charge in [-0.1, -0.05) is 42.5 Å². The van der Waals surface area contributed by atoms with Gasteiger partial charge in [0.1, 0.15) is 5.82 Å². The Kier molecular flexibility index (Phi) is 2.91. The van der Waals surface area contributed by atoms with E-state index in [1.165, 1.54) is 5.39 Å². The Morgan fingerprint density at radius 3 is 2.45 bits per heavy atom. The molecule has 0 aliphatic rings. The number of hydrogen-bond acceptors (Lipinski definition) is 3. The van der Waals surface area contributed by atoms with Gasteiger partial charge < -0.3 is 5.73 Å². The normalized spacial score (nSPS) is 11.1. The molecule has 0 saturated carbocycles. The number of hydrogen-bond donors (Lipinski definition) is 1. The fourth-order valence-corrected chi connectivity index (χ4v) is 3.03. The van der Waals surface area contributed by atoms with Crippen LogP contribution in [-0.2, 0) is 0 Å². The lowest BCUT2D eigenvalue weighted by Gasteiger charge is -2.13. The van der Waals surface area contributed by atoms with Gasteiger partial charge in [-0.25, -0.2) is 4.98 Å². The second-order valence-corrected chi connectivity index (χ2v) is 5.53. The van der Waals surface area contributed by atoms with Crippen molar-refractivity contribution in [2.24, 2.45) is 0 Å². The van der Waals surface area contributed by atoms with Crippen LogP contribution >= 0.6 is 12.2 Å². The number of nitrogens with zero attached hydrogens (tertiary/aromatic N) is 2. The molecule has 2 N–H and O–H groups in total. The van der Waals surface area contributed by atoms with Crippen molar-refractivity contribution in [2.45, 2.75) is 0 Å². The number of benzene rings is 3. The number of fused-ring (bicyclic) bond motifs is 2. The molecule has 0 fully saturated rings. The maximum atomic E-state index is 6.35. The zero-order valence-electron chi connectivity index (χ0n) is 11.7. The Hall–Kier alpha value is -2.72.